The summed E-state index contributed by atoms with van der Waals surface area (Å²) in [6, 6.07) is 7.19. The minimum absolute atomic E-state index is 0. The molecule has 1 aromatic carbocycles. The summed E-state index contributed by atoms with van der Waals surface area (Å²) in [6.07, 6.45) is 20.0. The molecule has 2 aliphatic carbocycles. The Morgan fingerprint density at radius 3 is 1.55 bits per heavy atom. The van der Waals surface area contributed by atoms with Crippen molar-refractivity contribution in [2.45, 2.75) is 17.7 Å². The second-order valence-electron chi connectivity index (χ2n) is 3.77. The topological polar surface area (TPSA) is 57.2 Å². The van der Waals surface area contributed by atoms with Gasteiger partial charge in [-0.25, -0.2) is 32.7 Å². The predicted molar refractivity (Wildman–Crippen MR) is 77.5 cm³/mol. The molecule has 0 saturated heterocycles. The van der Waals surface area contributed by atoms with E-state index in [2.05, 4.69) is 24.3 Å². The molecule has 6 heteroatoms. The predicted octanol–water partition coefficient (Wildman–Crippen LogP) is 0.204. The molecule has 3 nitrogen and oxygen atoms in total. The quantitative estimate of drug-likeness (QED) is 0.488. The van der Waals surface area contributed by atoms with Crippen molar-refractivity contribution in [3.63, 3.8) is 0 Å². The first kappa shape index (κ1) is 23.5. The third-order valence-corrected chi connectivity index (χ3v) is 3.05. The summed E-state index contributed by atoms with van der Waals surface area (Å²) in [5.74, 6) is 0. The van der Waals surface area contributed by atoms with Crippen LogP contribution in [0.2, 0.25) is 0 Å². The van der Waals surface area contributed by atoms with Gasteiger partial charge in [-0.15, -0.1) is 12.8 Å². The van der Waals surface area contributed by atoms with Gasteiger partial charge in [-0.05, 0) is 12.1 Å². The fourth-order valence-corrected chi connectivity index (χ4v) is 1.76. The molecule has 114 valence electrons. The Morgan fingerprint density at radius 1 is 0.909 bits per heavy atom. The number of hydrogen-bond donors (Lipinski definition) is 0. The van der Waals surface area contributed by atoms with Gasteiger partial charge in [0.1, 0.15) is 10.1 Å². The monoisotopic (exact) mass is 412 g/mol. The van der Waals surface area contributed by atoms with Crippen LogP contribution in [0.3, 0.4) is 0 Å². The largest absolute Gasteiger partial charge is 4.00 e. The van der Waals surface area contributed by atoms with Crippen molar-refractivity contribution in [1.82, 2.24) is 0 Å². The van der Waals surface area contributed by atoms with E-state index in [1.54, 1.807) is 6.07 Å². The van der Waals surface area contributed by atoms with Gasteiger partial charge in [-0.2, -0.15) is 12.2 Å². The van der Waals surface area contributed by atoms with Gasteiger partial charge in [0.05, 0.1) is 4.90 Å². The van der Waals surface area contributed by atoms with Crippen molar-refractivity contribution in [2.24, 2.45) is 0 Å². The normalized spacial score (nSPS) is 13.1. The van der Waals surface area contributed by atoms with E-state index in [4.69, 9.17) is 0 Å². The second kappa shape index (κ2) is 13.9. The van der Waals surface area contributed by atoms with E-state index in [-0.39, 0.29) is 43.5 Å². The molecule has 0 fully saturated rings. The maximum Gasteiger partial charge on any atom is 4.00 e. The molecule has 0 N–H and O–H groups in total. The average molecular weight is 414 g/mol. The Balaban J connectivity index is 0. The standard InChI is InChI=1S/C6H6O3S.2C5H5.ClH.Zr/c7-10(8,9)6-4-2-1-3-5-6;2*1-2-4-5-3-1;;/h1-5H,(H,7,8,9);2*1-3H,4H2;1H;/q;2*-1;;+4/p-2. The van der Waals surface area contributed by atoms with Gasteiger partial charge >= 0.3 is 26.2 Å². The Hall–Kier alpha value is -0.737. The van der Waals surface area contributed by atoms with Crippen LogP contribution in [-0.4, -0.2) is 13.0 Å². The van der Waals surface area contributed by atoms with Gasteiger partial charge in [-0.1, -0.05) is 18.2 Å². The van der Waals surface area contributed by atoms with E-state index >= 15 is 0 Å². The van der Waals surface area contributed by atoms with Gasteiger partial charge in [-0.3, -0.25) is 12.2 Å². The molecule has 0 spiro atoms. The summed E-state index contributed by atoms with van der Waals surface area (Å²) < 4.78 is 30.8. The Kier molecular flexibility index (Phi) is 14.9. The summed E-state index contributed by atoms with van der Waals surface area (Å²) in [5.41, 5.74) is 0. The molecular weight excluding hydrogens is 399 g/mol. The molecule has 2 aliphatic rings. The molecule has 0 aromatic heterocycles. The van der Waals surface area contributed by atoms with Crippen LogP contribution < -0.4 is 12.4 Å². The van der Waals surface area contributed by atoms with Crippen molar-refractivity contribution in [3.8, 4) is 0 Å². The summed E-state index contributed by atoms with van der Waals surface area (Å²) in [4.78, 5) is -0.185. The molecule has 0 atom stereocenters. The van der Waals surface area contributed by atoms with Gasteiger partial charge < -0.3 is 17.0 Å². The molecule has 0 aliphatic heterocycles. The molecule has 22 heavy (non-hydrogen) atoms. The van der Waals surface area contributed by atoms with Crippen LogP contribution in [0.5, 0.6) is 0 Å². The summed E-state index contributed by atoms with van der Waals surface area (Å²) in [7, 11) is -4.25. The SMILES string of the molecule is O=S(=O)([O-])c1ccccc1.[C-]1=CC=CC1.[C-]1=CC=CC1.[Cl-].[Zr+4]. The zero-order valence-electron chi connectivity index (χ0n) is 11.8. The van der Waals surface area contributed by atoms with Crippen LogP contribution in [0.1, 0.15) is 12.8 Å². The number of allylic oxidation sites excluding steroid dienone is 8. The molecule has 0 bridgehead atoms. The van der Waals surface area contributed by atoms with Crippen molar-refractivity contribution >= 4 is 10.1 Å². The van der Waals surface area contributed by atoms with Crippen LogP contribution in [0, 0.1) is 12.2 Å². The Bertz CT molecular complexity index is 564. The molecule has 0 radical (unpaired) electrons. The Labute approximate surface area is 157 Å². The van der Waals surface area contributed by atoms with Crippen molar-refractivity contribution < 1.29 is 51.6 Å². The van der Waals surface area contributed by atoms with Gasteiger partial charge in [0.25, 0.3) is 0 Å². The smallest absolute Gasteiger partial charge is 1.00 e. The maximum atomic E-state index is 10.3. The van der Waals surface area contributed by atoms with Crippen LogP contribution in [-0.2, 0) is 36.3 Å². The van der Waals surface area contributed by atoms with E-state index in [1.807, 2.05) is 24.3 Å². The first-order valence-corrected chi connectivity index (χ1v) is 7.46. The van der Waals surface area contributed by atoms with E-state index in [1.165, 1.54) is 24.3 Å². The third-order valence-electron chi connectivity index (χ3n) is 2.20. The fourth-order valence-electron chi connectivity index (χ4n) is 1.27. The van der Waals surface area contributed by atoms with Crippen LogP contribution in [0.15, 0.2) is 71.7 Å². The van der Waals surface area contributed by atoms with Crippen LogP contribution >= 0.6 is 0 Å². The Morgan fingerprint density at radius 2 is 1.36 bits per heavy atom. The molecule has 3 rings (SSSR count). The molecular formula is C16H15ClO3SZr. The maximum absolute atomic E-state index is 10.3. The average Bonchev–Trinajstić information content (AvgIpc) is 3.17. The number of rotatable bonds is 1. The first-order chi connectivity index (χ1) is 9.61. The number of benzene rings is 1. The van der Waals surface area contributed by atoms with Gasteiger partial charge in [0, 0.05) is 0 Å². The fraction of sp³-hybridized carbons (Fsp3) is 0.125. The third kappa shape index (κ3) is 11.9. The first-order valence-electron chi connectivity index (χ1n) is 6.05. The van der Waals surface area contributed by atoms with E-state index in [9.17, 15) is 13.0 Å². The minimum Gasteiger partial charge on any atom is -1.00 e. The van der Waals surface area contributed by atoms with Crippen LogP contribution in [0.4, 0.5) is 0 Å². The molecule has 0 saturated carbocycles. The number of hydrogen-bond acceptors (Lipinski definition) is 3. The van der Waals surface area contributed by atoms with Crippen molar-refractivity contribution in [3.05, 3.63) is 78.9 Å². The zero-order chi connectivity index (χ0) is 14.7. The molecule has 1 aromatic rings. The van der Waals surface area contributed by atoms with E-state index < -0.39 is 10.1 Å². The van der Waals surface area contributed by atoms with Gasteiger partial charge in [0.15, 0.2) is 0 Å². The molecule has 0 unspecified atom stereocenters. The second-order valence-corrected chi connectivity index (χ2v) is 5.15. The van der Waals surface area contributed by atoms with Crippen molar-refractivity contribution in [1.29, 1.82) is 0 Å². The summed E-state index contributed by atoms with van der Waals surface area (Å²) >= 11 is 0. The number of halogens is 1. The molecule has 0 heterocycles. The molecule has 0 amide bonds. The van der Waals surface area contributed by atoms with Gasteiger partial charge in [0.2, 0.25) is 0 Å². The summed E-state index contributed by atoms with van der Waals surface area (Å²) in [5, 5.41) is 0. The zero-order valence-corrected chi connectivity index (χ0v) is 15.8. The van der Waals surface area contributed by atoms with E-state index in [0.29, 0.717) is 0 Å². The van der Waals surface area contributed by atoms with Crippen LogP contribution in [0.25, 0.3) is 0 Å². The summed E-state index contributed by atoms with van der Waals surface area (Å²) in [6.45, 7) is 0. The van der Waals surface area contributed by atoms with E-state index in [0.717, 1.165) is 12.8 Å². The minimum atomic E-state index is -4.25. The van der Waals surface area contributed by atoms with Crippen molar-refractivity contribution in [2.75, 3.05) is 0 Å².